The van der Waals surface area contributed by atoms with Crippen molar-refractivity contribution in [3.8, 4) is 0 Å². The van der Waals surface area contributed by atoms with Gasteiger partial charge in [-0.25, -0.2) is 13.8 Å². The van der Waals surface area contributed by atoms with Gasteiger partial charge in [0.25, 0.3) is 0 Å². The highest BCUT2D eigenvalue weighted by Gasteiger charge is 2.10. The van der Waals surface area contributed by atoms with Crippen LogP contribution in [0.5, 0.6) is 0 Å². The van der Waals surface area contributed by atoms with Crippen molar-refractivity contribution in [3.63, 3.8) is 0 Å². The lowest BCUT2D eigenvalue weighted by molar-refractivity contribution is -0.126. The van der Waals surface area contributed by atoms with E-state index in [4.69, 9.17) is 0 Å². The monoisotopic (exact) mass is 374 g/mol. The summed E-state index contributed by atoms with van der Waals surface area (Å²) in [6.07, 6.45) is 1.06. The number of imide groups is 1. The second-order valence-electron chi connectivity index (χ2n) is 5.65. The standard InChI is InChI=1S/C19H20F2N4O2/c1-3-18(26)25-19(27)11-23-14-8-12(7-13(20)10-14)9-16-15(21)5-6-17(24-16)22-4-2/h3,5-8,10,23H,1,4,9,11H2,2H3,(H,22,24)(H,25,26,27). The molecule has 0 radical (unpaired) electrons. The van der Waals surface area contributed by atoms with Crippen molar-refractivity contribution in [2.45, 2.75) is 13.3 Å². The van der Waals surface area contributed by atoms with E-state index in [0.29, 0.717) is 23.6 Å². The first-order chi connectivity index (χ1) is 12.9. The molecule has 27 heavy (non-hydrogen) atoms. The van der Waals surface area contributed by atoms with Crippen LogP contribution in [-0.4, -0.2) is 29.9 Å². The zero-order chi connectivity index (χ0) is 19.8. The summed E-state index contributed by atoms with van der Waals surface area (Å²) in [6, 6.07) is 6.90. The molecule has 2 aromatic rings. The predicted molar refractivity (Wildman–Crippen MR) is 99.4 cm³/mol. The maximum atomic E-state index is 14.0. The number of hydrogen-bond donors (Lipinski definition) is 3. The number of carbonyl (C=O) groups is 2. The third kappa shape index (κ3) is 6.18. The molecule has 0 aliphatic carbocycles. The summed E-state index contributed by atoms with van der Waals surface area (Å²) in [7, 11) is 0. The van der Waals surface area contributed by atoms with Crippen molar-refractivity contribution in [2.24, 2.45) is 0 Å². The van der Waals surface area contributed by atoms with Crippen molar-refractivity contribution in [1.29, 1.82) is 0 Å². The van der Waals surface area contributed by atoms with Crippen LogP contribution in [0.25, 0.3) is 0 Å². The number of benzene rings is 1. The second-order valence-corrected chi connectivity index (χ2v) is 5.65. The third-order valence-corrected chi connectivity index (χ3v) is 3.51. The molecule has 142 valence electrons. The fourth-order valence-corrected chi connectivity index (χ4v) is 2.35. The van der Waals surface area contributed by atoms with Gasteiger partial charge in [0, 0.05) is 18.7 Å². The molecule has 1 heterocycles. The lowest BCUT2D eigenvalue weighted by atomic mass is 10.1. The lowest BCUT2D eigenvalue weighted by Gasteiger charge is -2.10. The zero-order valence-corrected chi connectivity index (χ0v) is 14.8. The van der Waals surface area contributed by atoms with E-state index >= 15 is 0 Å². The molecule has 3 N–H and O–H groups in total. The van der Waals surface area contributed by atoms with Crippen molar-refractivity contribution in [1.82, 2.24) is 10.3 Å². The van der Waals surface area contributed by atoms with Gasteiger partial charge < -0.3 is 10.6 Å². The van der Waals surface area contributed by atoms with Gasteiger partial charge in [0.1, 0.15) is 17.5 Å². The number of rotatable bonds is 8. The second kappa shape index (κ2) is 9.42. The van der Waals surface area contributed by atoms with Gasteiger partial charge in [-0.15, -0.1) is 0 Å². The Bertz CT molecular complexity index is 856. The van der Waals surface area contributed by atoms with E-state index in [2.05, 4.69) is 27.5 Å². The number of nitrogens with one attached hydrogen (secondary N) is 3. The number of nitrogens with zero attached hydrogens (tertiary/aromatic N) is 1. The summed E-state index contributed by atoms with van der Waals surface area (Å²) in [4.78, 5) is 26.8. The van der Waals surface area contributed by atoms with Crippen molar-refractivity contribution < 1.29 is 18.4 Å². The number of carbonyl (C=O) groups excluding carboxylic acids is 2. The molecular formula is C19H20F2N4O2. The Labute approximate surface area is 155 Å². The first-order valence-electron chi connectivity index (χ1n) is 8.30. The van der Waals surface area contributed by atoms with Crippen molar-refractivity contribution in [2.75, 3.05) is 23.7 Å². The van der Waals surface area contributed by atoms with Gasteiger partial charge in [-0.05, 0) is 48.9 Å². The molecule has 0 saturated heterocycles. The highest BCUT2D eigenvalue weighted by Crippen LogP contribution is 2.19. The number of anilines is 2. The van der Waals surface area contributed by atoms with Crippen molar-refractivity contribution >= 4 is 23.3 Å². The SMILES string of the molecule is C=CC(=O)NC(=O)CNc1cc(F)cc(Cc2nc(NCC)ccc2F)c1. The van der Waals surface area contributed by atoms with Crippen LogP contribution in [0.2, 0.25) is 0 Å². The maximum Gasteiger partial charge on any atom is 0.249 e. The molecule has 8 heteroatoms. The topological polar surface area (TPSA) is 83.1 Å². The Morgan fingerprint density at radius 2 is 1.96 bits per heavy atom. The van der Waals surface area contributed by atoms with Crippen LogP contribution in [0.4, 0.5) is 20.3 Å². The summed E-state index contributed by atoms with van der Waals surface area (Å²) in [5, 5.41) is 7.79. The van der Waals surface area contributed by atoms with E-state index in [9.17, 15) is 18.4 Å². The number of pyridine rings is 1. The Balaban J connectivity index is 2.11. The summed E-state index contributed by atoms with van der Waals surface area (Å²) in [5.41, 5.74) is 0.994. The molecule has 1 aromatic carbocycles. The smallest absolute Gasteiger partial charge is 0.249 e. The minimum absolute atomic E-state index is 0.0820. The fourth-order valence-electron chi connectivity index (χ4n) is 2.35. The number of hydrogen-bond acceptors (Lipinski definition) is 5. The Morgan fingerprint density at radius 1 is 1.19 bits per heavy atom. The van der Waals surface area contributed by atoms with Gasteiger partial charge in [-0.1, -0.05) is 6.58 Å². The normalized spacial score (nSPS) is 10.2. The summed E-state index contributed by atoms with van der Waals surface area (Å²) in [6.45, 7) is 5.55. The van der Waals surface area contributed by atoms with Crippen LogP contribution in [-0.2, 0) is 16.0 Å². The van der Waals surface area contributed by atoms with Crippen LogP contribution < -0.4 is 16.0 Å². The van der Waals surface area contributed by atoms with Crippen LogP contribution >= 0.6 is 0 Å². The Hall–Kier alpha value is -3.29. The van der Waals surface area contributed by atoms with E-state index in [1.54, 1.807) is 6.07 Å². The first-order valence-corrected chi connectivity index (χ1v) is 8.30. The average molecular weight is 374 g/mol. The van der Waals surface area contributed by atoms with Crippen LogP contribution in [0.1, 0.15) is 18.2 Å². The number of halogens is 2. The number of amides is 2. The molecule has 0 unspecified atom stereocenters. The Kier molecular flexibility index (Phi) is 6.99. The highest BCUT2D eigenvalue weighted by molar-refractivity contribution is 6.01. The molecule has 0 fully saturated rings. The summed E-state index contributed by atoms with van der Waals surface area (Å²) < 4.78 is 27.9. The van der Waals surface area contributed by atoms with Crippen LogP contribution in [0.15, 0.2) is 43.0 Å². The van der Waals surface area contributed by atoms with Gasteiger partial charge in [0.15, 0.2) is 0 Å². The molecule has 6 nitrogen and oxygen atoms in total. The first kappa shape index (κ1) is 20.0. The summed E-state index contributed by atoms with van der Waals surface area (Å²) in [5.74, 6) is -1.70. The number of aromatic nitrogens is 1. The molecule has 0 aliphatic rings. The molecule has 2 rings (SSSR count). The maximum absolute atomic E-state index is 14.0. The van der Waals surface area contributed by atoms with Gasteiger partial charge >= 0.3 is 0 Å². The van der Waals surface area contributed by atoms with E-state index in [-0.39, 0.29) is 18.7 Å². The zero-order valence-electron chi connectivity index (χ0n) is 14.8. The predicted octanol–water partition coefficient (Wildman–Crippen LogP) is 2.62. The van der Waals surface area contributed by atoms with Gasteiger partial charge in [0.2, 0.25) is 11.8 Å². The fraction of sp³-hybridized carbons (Fsp3) is 0.211. The van der Waals surface area contributed by atoms with Gasteiger partial charge in [-0.3, -0.25) is 14.9 Å². The van der Waals surface area contributed by atoms with E-state index in [1.807, 2.05) is 6.92 Å². The lowest BCUT2D eigenvalue weighted by Crippen LogP contribution is -2.33. The minimum atomic E-state index is -0.621. The van der Waals surface area contributed by atoms with Gasteiger partial charge in [0.05, 0.1) is 12.2 Å². The van der Waals surface area contributed by atoms with Gasteiger partial charge in [-0.2, -0.15) is 0 Å². The minimum Gasteiger partial charge on any atom is -0.376 e. The largest absolute Gasteiger partial charge is 0.376 e. The van der Waals surface area contributed by atoms with Crippen LogP contribution in [0, 0.1) is 11.6 Å². The molecule has 0 aliphatic heterocycles. The highest BCUT2D eigenvalue weighted by atomic mass is 19.1. The molecule has 0 atom stereocenters. The quantitative estimate of drug-likeness (QED) is 0.619. The van der Waals surface area contributed by atoms with Crippen LogP contribution in [0.3, 0.4) is 0 Å². The molecular weight excluding hydrogens is 354 g/mol. The molecule has 0 spiro atoms. The molecule has 0 bridgehead atoms. The summed E-state index contributed by atoms with van der Waals surface area (Å²) >= 11 is 0. The molecule has 0 saturated carbocycles. The Morgan fingerprint density at radius 3 is 2.67 bits per heavy atom. The van der Waals surface area contributed by atoms with E-state index in [1.165, 1.54) is 24.3 Å². The van der Waals surface area contributed by atoms with E-state index < -0.39 is 23.4 Å². The average Bonchev–Trinajstić information content (AvgIpc) is 2.62. The van der Waals surface area contributed by atoms with Crippen molar-refractivity contribution in [3.05, 3.63) is 65.9 Å². The molecule has 1 aromatic heterocycles. The molecule has 2 amide bonds. The third-order valence-electron chi connectivity index (χ3n) is 3.51. The van der Waals surface area contributed by atoms with E-state index in [0.717, 1.165) is 6.08 Å².